The molecule has 6 nitrogen and oxygen atoms in total. The van der Waals surface area contributed by atoms with E-state index >= 15 is 0 Å². The van der Waals surface area contributed by atoms with Crippen LogP contribution in [0.3, 0.4) is 0 Å². The predicted octanol–water partition coefficient (Wildman–Crippen LogP) is 3.48. The fourth-order valence-electron chi connectivity index (χ4n) is 3.26. The van der Waals surface area contributed by atoms with Crippen LogP contribution < -0.4 is 5.32 Å². The second-order valence-electron chi connectivity index (χ2n) is 8.23. The highest BCUT2D eigenvalue weighted by molar-refractivity contribution is 7.80. The number of piperazine rings is 1. The van der Waals surface area contributed by atoms with Crippen molar-refractivity contribution in [2.45, 2.75) is 26.2 Å². The standard InChI is InChI=1S/C18H26ClN5OS/c1-18(2,3)16-20-14-10-12(19)13(11-15(14)22(16)4)21-17(26)23-6-8-24(5,25)9-7-23/h10-11H,6-9H2,1-5H3,(H,21,26). The Kier molecular flexibility index (Phi) is 4.94. The molecule has 2 heterocycles. The molecule has 26 heavy (non-hydrogen) atoms. The summed E-state index contributed by atoms with van der Waals surface area (Å²) in [4.78, 5) is 6.77. The van der Waals surface area contributed by atoms with Crippen molar-refractivity contribution in [2.75, 3.05) is 38.5 Å². The summed E-state index contributed by atoms with van der Waals surface area (Å²) in [7, 11) is 3.72. The van der Waals surface area contributed by atoms with Crippen LogP contribution in [-0.4, -0.2) is 57.4 Å². The van der Waals surface area contributed by atoms with Crippen LogP contribution in [0.4, 0.5) is 5.69 Å². The van der Waals surface area contributed by atoms with Crippen LogP contribution in [0.2, 0.25) is 5.02 Å². The lowest BCUT2D eigenvalue weighted by molar-refractivity contribution is -0.864. The highest BCUT2D eigenvalue weighted by Crippen LogP contribution is 2.31. The van der Waals surface area contributed by atoms with Gasteiger partial charge in [0.15, 0.2) is 5.11 Å². The van der Waals surface area contributed by atoms with Crippen molar-refractivity contribution in [1.82, 2.24) is 14.5 Å². The molecule has 0 unspecified atom stereocenters. The summed E-state index contributed by atoms with van der Waals surface area (Å²) < 4.78 is 1.89. The average Bonchev–Trinajstić information content (AvgIpc) is 2.84. The number of aromatic nitrogens is 2. The highest BCUT2D eigenvalue weighted by Gasteiger charge is 2.25. The smallest absolute Gasteiger partial charge is 0.173 e. The molecule has 3 rings (SSSR count). The first-order valence-corrected chi connectivity index (χ1v) is 9.54. The van der Waals surface area contributed by atoms with E-state index in [9.17, 15) is 5.21 Å². The number of rotatable bonds is 1. The summed E-state index contributed by atoms with van der Waals surface area (Å²) in [6.45, 7) is 8.78. The summed E-state index contributed by atoms with van der Waals surface area (Å²) in [6, 6.07) is 3.86. The highest BCUT2D eigenvalue weighted by atomic mass is 35.5. The molecule has 0 spiro atoms. The van der Waals surface area contributed by atoms with E-state index in [1.807, 2.05) is 24.1 Å². The number of nitrogens with one attached hydrogen (secondary N) is 1. The van der Waals surface area contributed by atoms with Crippen LogP contribution in [-0.2, 0) is 12.5 Å². The number of quaternary nitrogens is 1. The summed E-state index contributed by atoms with van der Waals surface area (Å²) >= 11 is 12.0. The zero-order valence-electron chi connectivity index (χ0n) is 16.0. The van der Waals surface area contributed by atoms with Gasteiger partial charge in [-0.2, -0.15) is 0 Å². The van der Waals surface area contributed by atoms with E-state index in [2.05, 4.69) is 30.7 Å². The molecule has 0 bridgehead atoms. The van der Waals surface area contributed by atoms with Gasteiger partial charge in [-0.1, -0.05) is 32.4 Å². The molecule has 0 radical (unpaired) electrons. The molecule has 8 heteroatoms. The monoisotopic (exact) mass is 395 g/mol. The number of anilines is 1. The largest absolute Gasteiger partial charge is 0.633 e. The lowest BCUT2D eigenvalue weighted by Crippen LogP contribution is -2.55. The fourth-order valence-corrected chi connectivity index (χ4v) is 3.76. The molecule has 2 aromatic rings. The van der Waals surface area contributed by atoms with Gasteiger partial charge in [0.25, 0.3) is 0 Å². The van der Waals surface area contributed by atoms with Crippen LogP contribution in [0.15, 0.2) is 12.1 Å². The second kappa shape index (κ2) is 6.64. The number of halogens is 1. The third-order valence-electron chi connectivity index (χ3n) is 4.86. The summed E-state index contributed by atoms with van der Waals surface area (Å²) in [5.74, 6) is 1.01. The van der Waals surface area contributed by atoms with Gasteiger partial charge in [-0.25, -0.2) is 4.98 Å². The third-order valence-corrected chi connectivity index (χ3v) is 5.53. The van der Waals surface area contributed by atoms with Gasteiger partial charge in [-0.05, 0) is 24.4 Å². The number of likely N-dealkylation sites (N-methyl/N-ethyl adjacent to an activating group) is 1. The molecular weight excluding hydrogens is 370 g/mol. The van der Waals surface area contributed by atoms with Gasteiger partial charge in [-0.3, -0.25) is 0 Å². The second-order valence-corrected chi connectivity index (χ2v) is 9.02. The van der Waals surface area contributed by atoms with Crippen LogP contribution in [0.1, 0.15) is 26.6 Å². The topological polar surface area (TPSA) is 56.2 Å². The van der Waals surface area contributed by atoms with Crippen LogP contribution >= 0.6 is 23.8 Å². The molecule has 1 aliphatic heterocycles. The first-order valence-electron chi connectivity index (χ1n) is 8.76. The number of benzene rings is 1. The van der Waals surface area contributed by atoms with Crippen LogP contribution in [0.25, 0.3) is 11.0 Å². The number of aryl methyl sites for hydroxylation is 1. The van der Waals surface area contributed by atoms with Crippen molar-refractivity contribution in [1.29, 1.82) is 0 Å². The van der Waals surface area contributed by atoms with E-state index in [0.717, 1.165) is 22.5 Å². The van der Waals surface area contributed by atoms with E-state index in [0.29, 0.717) is 36.3 Å². The Hall–Kier alpha value is -1.41. The Morgan fingerprint density at radius 1 is 1.31 bits per heavy atom. The molecule has 1 aromatic carbocycles. The van der Waals surface area contributed by atoms with Gasteiger partial charge in [-0.15, -0.1) is 0 Å². The summed E-state index contributed by atoms with van der Waals surface area (Å²) in [5, 5.41) is 16.4. The molecule has 0 atom stereocenters. The quantitative estimate of drug-likeness (QED) is 0.455. The number of hydrogen-bond acceptors (Lipinski definition) is 3. The van der Waals surface area contributed by atoms with Gasteiger partial charge < -0.3 is 24.6 Å². The van der Waals surface area contributed by atoms with E-state index < -0.39 is 0 Å². The zero-order chi connectivity index (χ0) is 19.3. The van der Waals surface area contributed by atoms with Crippen molar-refractivity contribution in [3.8, 4) is 0 Å². The molecule has 1 fully saturated rings. The maximum absolute atomic E-state index is 12.0. The first-order chi connectivity index (χ1) is 12.0. The minimum Gasteiger partial charge on any atom is -0.633 e. The molecule has 0 amide bonds. The summed E-state index contributed by atoms with van der Waals surface area (Å²) in [5.41, 5.74) is 2.58. The normalized spacial score (nSPS) is 17.6. The number of thiocarbonyl (C=S) groups is 1. The van der Waals surface area contributed by atoms with Gasteiger partial charge >= 0.3 is 0 Å². The molecule has 142 valence electrons. The van der Waals surface area contributed by atoms with Crippen LogP contribution in [0, 0.1) is 5.21 Å². The van der Waals surface area contributed by atoms with Gasteiger partial charge in [0, 0.05) is 12.5 Å². The van der Waals surface area contributed by atoms with Crippen molar-refractivity contribution in [2.24, 2.45) is 7.05 Å². The number of fused-ring (bicyclic) bond motifs is 1. The molecule has 1 aromatic heterocycles. The third kappa shape index (κ3) is 3.81. The molecule has 0 saturated carbocycles. The molecule has 1 saturated heterocycles. The van der Waals surface area contributed by atoms with Gasteiger partial charge in [0.1, 0.15) is 5.82 Å². The Bertz CT molecular complexity index is 845. The number of hydrogen-bond donors (Lipinski definition) is 1. The minimum absolute atomic E-state index is 0.0554. The maximum Gasteiger partial charge on any atom is 0.173 e. The Balaban J connectivity index is 1.85. The maximum atomic E-state index is 12.0. The van der Waals surface area contributed by atoms with E-state index in [1.54, 1.807) is 7.05 Å². The Morgan fingerprint density at radius 3 is 2.50 bits per heavy atom. The predicted molar refractivity (Wildman–Crippen MR) is 112 cm³/mol. The number of hydroxylamine groups is 3. The van der Waals surface area contributed by atoms with Crippen molar-refractivity contribution < 1.29 is 4.65 Å². The molecular formula is C18H26ClN5OS. The summed E-state index contributed by atoms with van der Waals surface area (Å²) in [6.07, 6.45) is 0. The van der Waals surface area contributed by atoms with Crippen molar-refractivity contribution in [3.63, 3.8) is 0 Å². The number of imidazole rings is 1. The van der Waals surface area contributed by atoms with Crippen molar-refractivity contribution in [3.05, 3.63) is 28.2 Å². The van der Waals surface area contributed by atoms with E-state index in [-0.39, 0.29) is 10.1 Å². The Labute approximate surface area is 164 Å². The SMILES string of the molecule is Cn1c(C(C)(C)C)nc2cc(Cl)c(NC(=S)N3CC[N+](C)([O-])CC3)cc21. The van der Waals surface area contributed by atoms with Crippen LogP contribution in [0.5, 0.6) is 0 Å². The average molecular weight is 396 g/mol. The molecule has 0 aliphatic carbocycles. The zero-order valence-corrected chi connectivity index (χ0v) is 17.5. The number of nitrogens with zero attached hydrogens (tertiary/aromatic N) is 4. The lowest BCUT2D eigenvalue weighted by atomic mass is 9.96. The fraction of sp³-hybridized carbons (Fsp3) is 0.556. The first kappa shape index (κ1) is 19.4. The van der Waals surface area contributed by atoms with E-state index in [1.165, 1.54) is 0 Å². The molecule has 1 N–H and O–H groups in total. The lowest BCUT2D eigenvalue weighted by Gasteiger charge is -2.45. The van der Waals surface area contributed by atoms with Gasteiger partial charge in [0.05, 0.1) is 55.0 Å². The van der Waals surface area contributed by atoms with Crippen molar-refractivity contribution >= 4 is 45.7 Å². The van der Waals surface area contributed by atoms with Gasteiger partial charge in [0.2, 0.25) is 0 Å². The minimum atomic E-state index is -0.212. The van der Waals surface area contributed by atoms with E-state index in [4.69, 9.17) is 28.8 Å². The molecule has 1 aliphatic rings. The Morgan fingerprint density at radius 2 is 1.92 bits per heavy atom.